The van der Waals surface area contributed by atoms with E-state index in [4.69, 9.17) is 5.73 Å². The molecule has 4 N–H and O–H groups in total. The van der Waals surface area contributed by atoms with Crippen LogP contribution in [-0.2, 0) is 15.6 Å². The average Bonchev–Trinajstić information content (AvgIpc) is 3.18. The van der Waals surface area contributed by atoms with E-state index in [-0.39, 0.29) is 22.4 Å². The van der Waals surface area contributed by atoms with Gasteiger partial charge >= 0.3 is 5.97 Å². The van der Waals surface area contributed by atoms with Crippen molar-refractivity contribution in [1.82, 2.24) is 4.98 Å². The largest absolute Gasteiger partial charge is 0.477 e. The molecule has 6 heteroatoms. The third-order valence-corrected chi connectivity index (χ3v) is 6.43. The molecule has 0 saturated heterocycles. The lowest BCUT2D eigenvalue weighted by Gasteiger charge is -2.42. The van der Waals surface area contributed by atoms with Crippen LogP contribution in [0.15, 0.2) is 30.5 Å². The highest BCUT2D eigenvalue weighted by molar-refractivity contribution is 5.99. The Morgan fingerprint density at radius 2 is 1.77 bits per heavy atom. The van der Waals surface area contributed by atoms with Gasteiger partial charge in [-0.3, -0.25) is 4.79 Å². The number of benzene rings is 1. The minimum atomic E-state index is -1.06. The van der Waals surface area contributed by atoms with E-state index in [2.05, 4.69) is 44.8 Å². The summed E-state index contributed by atoms with van der Waals surface area (Å²) in [5.74, 6) is -1.30. The van der Waals surface area contributed by atoms with E-state index in [9.17, 15) is 14.7 Å². The number of nitrogens with one attached hydrogen (secondary N) is 1. The van der Waals surface area contributed by atoms with Crippen molar-refractivity contribution in [1.29, 1.82) is 0 Å². The number of carbonyl (C=O) groups is 2. The SMILES string of the molecule is CCCN(C(=O)C(N)c1ccc2c(c1)C(C)(C)CCC2(C)C)c1c[nH]c(C(=O)O)c1. The Bertz CT molecular complexity index is 958. The molecule has 6 nitrogen and oxygen atoms in total. The highest BCUT2D eigenvalue weighted by atomic mass is 16.4. The molecule has 2 aromatic rings. The molecule has 1 aliphatic rings. The molecule has 0 radical (unpaired) electrons. The third kappa shape index (κ3) is 4.01. The maximum absolute atomic E-state index is 13.3. The fraction of sp³-hybridized carbons (Fsp3) is 0.500. The monoisotopic (exact) mass is 411 g/mol. The first kappa shape index (κ1) is 22.1. The summed E-state index contributed by atoms with van der Waals surface area (Å²) in [6, 6.07) is 6.85. The summed E-state index contributed by atoms with van der Waals surface area (Å²) in [6.07, 6.45) is 4.49. The van der Waals surface area contributed by atoms with Gasteiger partial charge in [-0.25, -0.2) is 4.79 Å². The zero-order valence-corrected chi connectivity index (χ0v) is 18.6. The van der Waals surface area contributed by atoms with Gasteiger partial charge in [0, 0.05) is 12.7 Å². The number of aromatic carboxylic acids is 1. The number of carboxylic acids is 1. The Hall–Kier alpha value is -2.60. The van der Waals surface area contributed by atoms with Crippen LogP contribution in [0.1, 0.15) is 87.1 Å². The molecule has 1 amide bonds. The fourth-order valence-electron chi connectivity index (χ4n) is 4.36. The highest BCUT2D eigenvalue weighted by Crippen LogP contribution is 2.46. The van der Waals surface area contributed by atoms with Crippen LogP contribution in [0.2, 0.25) is 0 Å². The Labute approximate surface area is 178 Å². The van der Waals surface area contributed by atoms with Crippen molar-refractivity contribution in [3.8, 4) is 0 Å². The van der Waals surface area contributed by atoms with Crippen molar-refractivity contribution in [3.05, 3.63) is 52.8 Å². The maximum atomic E-state index is 13.3. The number of H-pyrrole nitrogens is 1. The summed E-state index contributed by atoms with van der Waals surface area (Å²) < 4.78 is 0. The number of aromatic nitrogens is 1. The normalized spacial score (nSPS) is 17.8. The van der Waals surface area contributed by atoms with E-state index in [1.807, 2.05) is 13.0 Å². The zero-order valence-electron chi connectivity index (χ0n) is 18.6. The fourth-order valence-corrected chi connectivity index (χ4v) is 4.36. The predicted molar refractivity (Wildman–Crippen MR) is 119 cm³/mol. The Kier molecular flexibility index (Phi) is 5.83. The van der Waals surface area contributed by atoms with E-state index in [0.717, 1.165) is 24.8 Å². The van der Waals surface area contributed by atoms with Crippen molar-refractivity contribution < 1.29 is 14.7 Å². The highest BCUT2D eigenvalue weighted by Gasteiger charge is 2.37. The van der Waals surface area contributed by atoms with Gasteiger partial charge in [-0.2, -0.15) is 0 Å². The molecule has 0 aliphatic heterocycles. The van der Waals surface area contributed by atoms with Gasteiger partial charge in [0.2, 0.25) is 5.91 Å². The Morgan fingerprint density at radius 3 is 2.33 bits per heavy atom. The number of nitrogens with two attached hydrogens (primary N) is 1. The van der Waals surface area contributed by atoms with Gasteiger partial charge in [0.15, 0.2) is 0 Å². The second kappa shape index (κ2) is 7.91. The summed E-state index contributed by atoms with van der Waals surface area (Å²) >= 11 is 0. The number of fused-ring (bicyclic) bond motifs is 1. The lowest BCUT2D eigenvalue weighted by Crippen LogP contribution is -2.39. The number of aromatic amines is 1. The molecule has 1 unspecified atom stereocenters. The van der Waals surface area contributed by atoms with Crippen LogP contribution in [0.3, 0.4) is 0 Å². The molecule has 1 aromatic heterocycles. The second-order valence-corrected chi connectivity index (χ2v) is 9.62. The number of anilines is 1. The van der Waals surface area contributed by atoms with Crippen molar-refractivity contribution >= 4 is 17.6 Å². The first-order valence-electron chi connectivity index (χ1n) is 10.6. The first-order valence-corrected chi connectivity index (χ1v) is 10.6. The maximum Gasteiger partial charge on any atom is 0.352 e. The van der Waals surface area contributed by atoms with Gasteiger partial charge in [-0.1, -0.05) is 52.8 Å². The number of amides is 1. The molecular formula is C24H33N3O3. The first-order chi connectivity index (χ1) is 14.0. The van der Waals surface area contributed by atoms with E-state index in [1.165, 1.54) is 17.2 Å². The molecule has 0 spiro atoms. The van der Waals surface area contributed by atoms with Gasteiger partial charge in [-0.05, 0) is 52.8 Å². The van der Waals surface area contributed by atoms with E-state index in [1.54, 1.807) is 11.1 Å². The van der Waals surface area contributed by atoms with Crippen molar-refractivity contribution in [2.75, 3.05) is 11.4 Å². The van der Waals surface area contributed by atoms with Crippen molar-refractivity contribution in [2.24, 2.45) is 5.73 Å². The van der Waals surface area contributed by atoms with E-state index < -0.39 is 12.0 Å². The molecule has 1 aromatic carbocycles. The molecule has 3 rings (SSSR count). The topological polar surface area (TPSA) is 99.4 Å². The molecule has 162 valence electrons. The van der Waals surface area contributed by atoms with Gasteiger partial charge in [-0.15, -0.1) is 0 Å². The van der Waals surface area contributed by atoms with Crippen LogP contribution in [0.5, 0.6) is 0 Å². The molecule has 0 bridgehead atoms. The van der Waals surface area contributed by atoms with Crippen LogP contribution in [-0.4, -0.2) is 28.5 Å². The quantitative estimate of drug-likeness (QED) is 0.651. The smallest absolute Gasteiger partial charge is 0.352 e. The van der Waals surface area contributed by atoms with Gasteiger partial charge in [0.1, 0.15) is 11.7 Å². The summed E-state index contributed by atoms with van der Waals surface area (Å²) in [7, 11) is 0. The standard InChI is InChI=1S/C24H33N3O3/c1-6-11-27(16-13-19(22(29)30)26-14-16)21(28)20(25)15-7-8-17-18(12-15)24(4,5)10-9-23(17,2)3/h7-8,12-14,20,26H,6,9-11,25H2,1-5H3,(H,29,30). The number of hydrogen-bond acceptors (Lipinski definition) is 3. The molecule has 1 atom stereocenters. The van der Waals surface area contributed by atoms with Gasteiger partial charge in [0.05, 0.1) is 5.69 Å². The summed E-state index contributed by atoms with van der Waals surface area (Å²) in [5.41, 5.74) is 10.5. The summed E-state index contributed by atoms with van der Waals surface area (Å²) in [6.45, 7) is 11.5. The zero-order chi connectivity index (χ0) is 22.3. The van der Waals surface area contributed by atoms with Crippen molar-refractivity contribution in [3.63, 3.8) is 0 Å². The minimum absolute atomic E-state index is 0.0315. The molecule has 30 heavy (non-hydrogen) atoms. The number of nitrogens with zero attached hydrogens (tertiary/aromatic N) is 1. The third-order valence-electron chi connectivity index (χ3n) is 6.43. The van der Waals surface area contributed by atoms with Crippen LogP contribution < -0.4 is 10.6 Å². The van der Waals surface area contributed by atoms with Crippen molar-refractivity contribution in [2.45, 2.75) is 70.8 Å². The van der Waals surface area contributed by atoms with Crippen LogP contribution in [0.25, 0.3) is 0 Å². The summed E-state index contributed by atoms with van der Waals surface area (Å²) in [5, 5.41) is 9.18. The Morgan fingerprint density at radius 1 is 1.13 bits per heavy atom. The molecular weight excluding hydrogens is 378 g/mol. The molecule has 1 aliphatic carbocycles. The molecule has 1 heterocycles. The van der Waals surface area contributed by atoms with E-state index in [0.29, 0.717) is 12.2 Å². The average molecular weight is 412 g/mol. The Balaban J connectivity index is 1.95. The number of carbonyl (C=O) groups excluding carboxylic acids is 1. The lowest BCUT2D eigenvalue weighted by atomic mass is 9.63. The molecule has 0 fully saturated rings. The molecule has 0 saturated carbocycles. The van der Waals surface area contributed by atoms with Gasteiger partial charge < -0.3 is 20.7 Å². The predicted octanol–water partition coefficient (Wildman–Crippen LogP) is 4.50. The van der Waals surface area contributed by atoms with Crippen LogP contribution in [0.4, 0.5) is 5.69 Å². The van der Waals surface area contributed by atoms with Gasteiger partial charge in [0.25, 0.3) is 0 Å². The van der Waals surface area contributed by atoms with E-state index >= 15 is 0 Å². The van der Waals surface area contributed by atoms with Crippen LogP contribution in [0, 0.1) is 0 Å². The summed E-state index contributed by atoms with van der Waals surface area (Å²) in [4.78, 5) is 28.8. The lowest BCUT2D eigenvalue weighted by molar-refractivity contribution is -0.120. The van der Waals surface area contributed by atoms with Crippen LogP contribution >= 0.6 is 0 Å². The number of rotatable bonds is 6. The number of carboxylic acid groups (broad SMARTS) is 1. The second-order valence-electron chi connectivity index (χ2n) is 9.62. The minimum Gasteiger partial charge on any atom is -0.477 e. The number of hydrogen-bond donors (Lipinski definition) is 3.